The first-order valence-corrected chi connectivity index (χ1v) is 6.54. The van der Waals surface area contributed by atoms with Crippen molar-refractivity contribution >= 4 is 29.3 Å². The fraction of sp³-hybridized carbons (Fsp3) is 0.0833. The largest absolute Gasteiger partial charge is 0.489 e. The predicted molar refractivity (Wildman–Crippen MR) is 73.9 cm³/mol. The number of carboxylic acid groups (broad SMARTS) is 1. The van der Waals surface area contributed by atoms with E-state index in [9.17, 15) is 9.59 Å². The van der Waals surface area contributed by atoms with Crippen LogP contribution in [0.25, 0.3) is 0 Å². The number of nitrogens with zero attached hydrogens (tertiary/aromatic N) is 1. The lowest BCUT2D eigenvalue weighted by molar-refractivity contribution is 0.0697. The fourth-order valence-electron chi connectivity index (χ4n) is 1.47. The molecule has 2 rings (SSSR count). The molecule has 0 unspecified atom stereocenters. The van der Waals surface area contributed by atoms with Gasteiger partial charge in [0.15, 0.2) is 5.03 Å². The number of aromatic carboxylic acids is 1. The van der Waals surface area contributed by atoms with Crippen molar-refractivity contribution in [3.05, 3.63) is 45.5 Å². The van der Waals surface area contributed by atoms with Crippen LogP contribution in [-0.2, 0) is 0 Å². The molecular weight excluding hydrogens is 304 g/mol. The predicted octanol–water partition coefficient (Wildman–Crippen LogP) is 2.28. The lowest BCUT2D eigenvalue weighted by Gasteiger charge is -2.06. The molecule has 1 heterocycles. The number of hydrogen-bond acceptors (Lipinski definition) is 5. The van der Waals surface area contributed by atoms with E-state index in [1.54, 1.807) is 6.07 Å². The Morgan fingerprint density at radius 1 is 1.50 bits per heavy atom. The first kappa shape index (κ1) is 14.4. The zero-order chi connectivity index (χ0) is 14.7. The van der Waals surface area contributed by atoms with Crippen LogP contribution >= 0.6 is 23.4 Å². The molecule has 0 aliphatic heterocycles. The van der Waals surface area contributed by atoms with Crippen molar-refractivity contribution in [2.24, 2.45) is 0 Å². The van der Waals surface area contributed by atoms with Gasteiger partial charge in [-0.3, -0.25) is 4.79 Å². The second kappa shape index (κ2) is 5.98. The third-order valence-electron chi connectivity index (χ3n) is 2.36. The number of rotatable bonds is 4. The van der Waals surface area contributed by atoms with Crippen molar-refractivity contribution in [1.29, 1.82) is 0 Å². The van der Waals surface area contributed by atoms with Gasteiger partial charge in [0, 0.05) is 4.90 Å². The molecule has 20 heavy (non-hydrogen) atoms. The van der Waals surface area contributed by atoms with Crippen molar-refractivity contribution in [2.75, 3.05) is 7.11 Å². The molecule has 0 amide bonds. The number of carbonyl (C=O) groups is 1. The van der Waals surface area contributed by atoms with Gasteiger partial charge < -0.3 is 14.8 Å². The molecule has 2 aromatic rings. The van der Waals surface area contributed by atoms with Gasteiger partial charge in [-0.05, 0) is 18.2 Å². The van der Waals surface area contributed by atoms with Gasteiger partial charge >= 0.3 is 5.97 Å². The summed E-state index contributed by atoms with van der Waals surface area (Å²) in [7, 11) is 1.36. The van der Waals surface area contributed by atoms with E-state index in [0.29, 0.717) is 9.92 Å². The monoisotopic (exact) mass is 312 g/mol. The molecule has 0 saturated carbocycles. The van der Waals surface area contributed by atoms with Gasteiger partial charge in [0.2, 0.25) is 5.75 Å². The quantitative estimate of drug-likeness (QED) is 0.841. The van der Waals surface area contributed by atoms with Gasteiger partial charge in [0.25, 0.3) is 5.56 Å². The molecule has 6 nitrogen and oxygen atoms in total. The number of aromatic amines is 1. The van der Waals surface area contributed by atoms with Gasteiger partial charge in [0.05, 0.1) is 24.0 Å². The van der Waals surface area contributed by atoms with E-state index in [-0.39, 0.29) is 16.3 Å². The second-order valence-electron chi connectivity index (χ2n) is 3.62. The molecule has 0 bridgehead atoms. The zero-order valence-corrected chi connectivity index (χ0v) is 11.8. The van der Waals surface area contributed by atoms with Crippen LogP contribution in [0.5, 0.6) is 5.75 Å². The summed E-state index contributed by atoms with van der Waals surface area (Å²) in [6.07, 6.45) is 1.25. The Hall–Kier alpha value is -1.99. The summed E-state index contributed by atoms with van der Waals surface area (Å²) in [5.74, 6) is -1.05. The van der Waals surface area contributed by atoms with E-state index in [1.807, 2.05) is 0 Å². The Morgan fingerprint density at radius 2 is 2.25 bits per heavy atom. The maximum Gasteiger partial charge on any atom is 0.337 e. The molecule has 0 fully saturated rings. The Bertz CT molecular complexity index is 717. The van der Waals surface area contributed by atoms with E-state index in [0.717, 1.165) is 11.8 Å². The Labute approximate surface area is 122 Å². The smallest absolute Gasteiger partial charge is 0.337 e. The van der Waals surface area contributed by atoms with Crippen molar-refractivity contribution < 1.29 is 14.6 Å². The summed E-state index contributed by atoms with van der Waals surface area (Å²) in [4.78, 5) is 29.5. The number of ether oxygens (including phenoxy) is 1. The van der Waals surface area contributed by atoms with Crippen molar-refractivity contribution in [1.82, 2.24) is 9.97 Å². The molecule has 0 radical (unpaired) electrons. The van der Waals surface area contributed by atoms with Gasteiger partial charge in [-0.1, -0.05) is 23.4 Å². The molecule has 0 saturated heterocycles. The molecule has 1 aromatic carbocycles. The minimum Gasteiger partial charge on any atom is -0.489 e. The number of H-pyrrole nitrogens is 1. The number of nitrogens with one attached hydrogen (secondary N) is 1. The third-order valence-corrected chi connectivity index (χ3v) is 3.67. The highest BCUT2D eigenvalue weighted by Gasteiger charge is 2.14. The average Bonchev–Trinajstić information content (AvgIpc) is 2.41. The summed E-state index contributed by atoms with van der Waals surface area (Å²) in [6.45, 7) is 0. The topological polar surface area (TPSA) is 92.3 Å². The first-order chi connectivity index (χ1) is 9.52. The number of aromatic nitrogens is 2. The molecule has 0 spiro atoms. The third kappa shape index (κ3) is 2.94. The van der Waals surface area contributed by atoms with Crippen molar-refractivity contribution in [3.8, 4) is 5.75 Å². The van der Waals surface area contributed by atoms with Crippen molar-refractivity contribution in [3.63, 3.8) is 0 Å². The minimum absolute atomic E-state index is 0.0134. The molecule has 0 atom stereocenters. The minimum atomic E-state index is -1.12. The Morgan fingerprint density at radius 3 is 2.90 bits per heavy atom. The van der Waals surface area contributed by atoms with Crippen LogP contribution in [0.3, 0.4) is 0 Å². The maximum absolute atomic E-state index is 11.5. The maximum atomic E-state index is 11.5. The molecule has 1 aromatic heterocycles. The SMILES string of the molecule is COc1c(Sc2ccc(Cl)c(C(=O)O)c2)nc[nH]c1=O. The normalized spacial score (nSPS) is 10.3. The number of halogens is 1. The highest BCUT2D eigenvalue weighted by Crippen LogP contribution is 2.32. The summed E-state index contributed by atoms with van der Waals surface area (Å²) < 4.78 is 4.98. The number of hydrogen-bond donors (Lipinski definition) is 2. The van der Waals surface area contributed by atoms with E-state index < -0.39 is 11.5 Å². The van der Waals surface area contributed by atoms with E-state index in [1.165, 1.54) is 25.6 Å². The lowest BCUT2D eigenvalue weighted by atomic mass is 10.2. The van der Waals surface area contributed by atoms with E-state index >= 15 is 0 Å². The highest BCUT2D eigenvalue weighted by molar-refractivity contribution is 7.99. The number of benzene rings is 1. The van der Waals surface area contributed by atoms with Crippen LogP contribution in [0.2, 0.25) is 5.02 Å². The Balaban J connectivity index is 2.41. The van der Waals surface area contributed by atoms with Gasteiger partial charge in [-0.2, -0.15) is 0 Å². The van der Waals surface area contributed by atoms with Crippen LogP contribution in [0, 0.1) is 0 Å². The summed E-state index contributed by atoms with van der Waals surface area (Å²) in [5, 5.41) is 9.50. The molecule has 0 aliphatic rings. The Kier molecular flexibility index (Phi) is 4.31. The molecule has 2 N–H and O–H groups in total. The van der Waals surface area contributed by atoms with E-state index in [4.69, 9.17) is 21.4 Å². The summed E-state index contributed by atoms with van der Waals surface area (Å²) in [6, 6.07) is 4.53. The average molecular weight is 313 g/mol. The molecule has 0 aliphatic carbocycles. The van der Waals surface area contributed by atoms with E-state index in [2.05, 4.69) is 9.97 Å². The van der Waals surface area contributed by atoms with Crippen LogP contribution < -0.4 is 10.3 Å². The lowest BCUT2D eigenvalue weighted by Crippen LogP contribution is -2.10. The number of carboxylic acids is 1. The summed E-state index contributed by atoms with van der Waals surface area (Å²) in [5.41, 5.74) is -0.419. The highest BCUT2D eigenvalue weighted by atomic mass is 35.5. The molecular formula is C12H9ClN2O4S. The first-order valence-electron chi connectivity index (χ1n) is 5.35. The van der Waals surface area contributed by atoms with Crippen LogP contribution in [0.4, 0.5) is 0 Å². The zero-order valence-electron chi connectivity index (χ0n) is 10.2. The van der Waals surface area contributed by atoms with Crippen LogP contribution in [0.1, 0.15) is 10.4 Å². The van der Waals surface area contributed by atoms with Crippen molar-refractivity contribution in [2.45, 2.75) is 9.92 Å². The van der Waals surface area contributed by atoms with Gasteiger partial charge in [0.1, 0.15) is 0 Å². The fourth-order valence-corrected chi connectivity index (χ4v) is 2.58. The standard InChI is InChI=1S/C12H9ClN2O4S/c1-19-9-10(16)14-5-15-11(9)20-6-2-3-8(13)7(4-6)12(17)18/h2-5H,1H3,(H,17,18)(H,14,15,16). The second-order valence-corrected chi connectivity index (χ2v) is 5.09. The van der Waals surface area contributed by atoms with Gasteiger partial charge in [-0.15, -0.1) is 0 Å². The summed E-state index contributed by atoms with van der Waals surface area (Å²) >= 11 is 6.91. The molecule has 104 valence electrons. The van der Waals surface area contributed by atoms with Crippen LogP contribution in [0.15, 0.2) is 39.2 Å². The molecule has 8 heteroatoms. The van der Waals surface area contributed by atoms with Crippen LogP contribution in [-0.4, -0.2) is 28.2 Å². The van der Waals surface area contributed by atoms with Gasteiger partial charge in [-0.25, -0.2) is 9.78 Å². The number of methoxy groups -OCH3 is 1.